The molecule has 108 valence electrons. The molecule has 2 heterocycles. The van der Waals surface area contributed by atoms with Gasteiger partial charge in [0.2, 0.25) is 0 Å². The zero-order valence-corrected chi connectivity index (χ0v) is 12.7. The van der Waals surface area contributed by atoms with Gasteiger partial charge in [0.1, 0.15) is 6.61 Å². The van der Waals surface area contributed by atoms with Crippen molar-refractivity contribution in [2.24, 2.45) is 0 Å². The minimum absolute atomic E-state index is 0.217. The molecular weight excluding hydrogens is 248 g/mol. The zero-order valence-electron chi connectivity index (χ0n) is 12.7. The summed E-state index contributed by atoms with van der Waals surface area (Å²) < 4.78 is 5.55. The Labute approximate surface area is 121 Å². The Morgan fingerprint density at radius 2 is 1.85 bits per heavy atom. The van der Waals surface area contributed by atoms with Gasteiger partial charge in [0.25, 0.3) is 0 Å². The predicted octanol–water partition coefficient (Wildman–Crippen LogP) is 2.98. The summed E-state index contributed by atoms with van der Waals surface area (Å²) in [7, 11) is 0. The second kappa shape index (κ2) is 4.72. The van der Waals surface area contributed by atoms with E-state index in [0.29, 0.717) is 6.04 Å². The minimum Gasteiger partial charge on any atom is -0.477 e. The van der Waals surface area contributed by atoms with Crippen LogP contribution >= 0.6 is 0 Å². The highest BCUT2D eigenvalue weighted by atomic mass is 16.5. The lowest BCUT2D eigenvalue weighted by Crippen LogP contribution is -2.50. The summed E-state index contributed by atoms with van der Waals surface area (Å²) >= 11 is 0. The Morgan fingerprint density at radius 3 is 2.50 bits per heavy atom. The van der Waals surface area contributed by atoms with Crippen LogP contribution in [-0.4, -0.2) is 37.2 Å². The van der Waals surface area contributed by atoms with Crippen molar-refractivity contribution >= 4 is 5.69 Å². The number of fused-ring (bicyclic) bond motifs is 1. The van der Waals surface area contributed by atoms with E-state index in [0.717, 1.165) is 32.1 Å². The molecule has 2 saturated heterocycles. The van der Waals surface area contributed by atoms with Gasteiger partial charge >= 0.3 is 0 Å². The lowest BCUT2D eigenvalue weighted by atomic mass is 9.87. The molecule has 1 atom stereocenters. The van der Waals surface area contributed by atoms with Crippen molar-refractivity contribution in [3.8, 4) is 0 Å². The number of piperazine rings is 1. The quantitative estimate of drug-likeness (QED) is 0.781. The summed E-state index contributed by atoms with van der Waals surface area (Å²) in [4.78, 5) is 4.75. The van der Waals surface area contributed by atoms with Crippen LogP contribution in [0.2, 0.25) is 0 Å². The molecule has 3 nitrogen and oxygen atoms in total. The standard InChI is InChI=1S/C17H24N2O/c1-13-19-10-9-18(11-16(19)12-20-13)15-7-5-14(6-8-15)17(2,3)4/h5-8,16H,1,9-12H2,2-4H3. The van der Waals surface area contributed by atoms with E-state index >= 15 is 0 Å². The first-order valence-electron chi connectivity index (χ1n) is 7.39. The molecule has 0 radical (unpaired) electrons. The minimum atomic E-state index is 0.217. The number of hydrogen-bond donors (Lipinski definition) is 0. The van der Waals surface area contributed by atoms with Crippen molar-refractivity contribution in [2.75, 3.05) is 31.1 Å². The fourth-order valence-corrected chi connectivity index (χ4v) is 3.01. The molecule has 3 rings (SSSR count). The van der Waals surface area contributed by atoms with Crippen molar-refractivity contribution in [3.05, 3.63) is 42.3 Å². The van der Waals surface area contributed by atoms with E-state index in [9.17, 15) is 0 Å². The van der Waals surface area contributed by atoms with E-state index < -0.39 is 0 Å². The Kier molecular flexibility index (Phi) is 3.15. The van der Waals surface area contributed by atoms with E-state index in [4.69, 9.17) is 4.74 Å². The van der Waals surface area contributed by atoms with Gasteiger partial charge < -0.3 is 14.5 Å². The molecule has 0 aliphatic carbocycles. The van der Waals surface area contributed by atoms with Gasteiger partial charge in [-0.05, 0) is 29.7 Å². The zero-order chi connectivity index (χ0) is 14.3. The predicted molar refractivity (Wildman–Crippen MR) is 82.9 cm³/mol. The third-order valence-electron chi connectivity index (χ3n) is 4.34. The Balaban J connectivity index is 1.73. The number of ether oxygens (including phenoxy) is 1. The third-order valence-corrected chi connectivity index (χ3v) is 4.34. The fourth-order valence-electron chi connectivity index (χ4n) is 3.01. The van der Waals surface area contributed by atoms with Crippen LogP contribution in [0.5, 0.6) is 0 Å². The maximum absolute atomic E-state index is 5.55. The van der Waals surface area contributed by atoms with Crippen LogP contribution in [0.25, 0.3) is 0 Å². The van der Waals surface area contributed by atoms with Gasteiger partial charge in [-0.15, -0.1) is 0 Å². The monoisotopic (exact) mass is 272 g/mol. The molecule has 2 aliphatic rings. The molecule has 20 heavy (non-hydrogen) atoms. The Bertz CT molecular complexity index is 501. The normalized spacial score (nSPS) is 22.8. The molecule has 1 aromatic carbocycles. The van der Waals surface area contributed by atoms with Crippen molar-refractivity contribution in [1.82, 2.24) is 4.90 Å². The summed E-state index contributed by atoms with van der Waals surface area (Å²) in [5, 5.41) is 0. The van der Waals surface area contributed by atoms with E-state index in [1.54, 1.807) is 0 Å². The van der Waals surface area contributed by atoms with Crippen LogP contribution in [0, 0.1) is 0 Å². The van der Waals surface area contributed by atoms with Gasteiger partial charge in [0.15, 0.2) is 5.88 Å². The van der Waals surface area contributed by atoms with Crippen molar-refractivity contribution in [2.45, 2.75) is 32.2 Å². The number of benzene rings is 1. The van der Waals surface area contributed by atoms with Crippen LogP contribution in [-0.2, 0) is 10.2 Å². The second-order valence-electron chi connectivity index (χ2n) is 6.79. The Morgan fingerprint density at radius 1 is 1.15 bits per heavy atom. The average molecular weight is 272 g/mol. The van der Waals surface area contributed by atoms with Crippen LogP contribution < -0.4 is 4.90 Å². The van der Waals surface area contributed by atoms with E-state index in [1.165, 1.54) is 11.3 Å². The maximum atomic E-state index is 5.55. The molecule has 0 saturated carbocycles. The van der Waals surface area contributed by atoms with E-state index in [1.807, 2.05) is 0 Å². The first-order valence-corrected chi connectivity index (χ1v) is 7.39. The number of hydrogen-bond acceptors (Lipinski definition) is 3. The highest BCUT2D eigenvalue weighted by Gasteiger charge is 2.33. The SMILES string of the molecule is C=C1OCC2CN(c3ccc(C(C)(C)C)cc3)CCN12. The molecule has 1 aromatic rings. The van der Waals surface area contributed by atoms with Gasteiger partial charge in [-0.2, -0.15) is 0 Å². The van der Waals surface area contributed by atoms with Crippen molar-refractivity contribution in [1.29, 1.82) is 0 Å². The van der Waals surface area contributed by atoms with Crippen LogP contribution in [0.1, 0.15) is 26.3 Å². The summed E-state index contributed by atoms with van der Waals surface area (Å²) in [6, 6.07) is 9.47. The van der Waals surface area contributed by atoms with E-state index in [2.05, 4.69) is 61.4 Å². The molecule has 2 aliphatic heterocycles. The molecule has 1 unspecified atom stereocenters. The molecule has 0 spiro atoms. The van der Waals surface area contributed by atoms with Crippen LogP contribution in [0.4, 0.5) is 5.69 Å². The summed E-state index contributed by atoms with van der Waals surface area (Å²) in [6.45, 7) is 14.6. The van der Waals surface area contributed by atoms with Gasteiger partial charge in [-0.1, -0.05) is 32.9 Å². The van der Waals surface area contributed by atoms with Gasteiger partial charge in [-0.3, -0.25) is 0 Å². The van der Waals surface area contributed by atoms with Gasteiger partial charge in [0, 0.05) is 25.3 Å². The van der Waals surface area contributed by atoms with Crippen LogP contribution in [0.15, 0.2) is 36.7 Å². The molecule has 3 heteroatoms. The van der Waals surface area contributed by atoms with Crippen LogP contribution in [0.3, 0.4) is 0 Å². The summed E-state index contributed by atoms with van der Waals surface area (Å²) in [6.07, 6.45) is 0. The van der Waals surface area contributed by atoms with Crippen molar-refractivity contribution < 1.29 is 4.74 Å². The summed E-state index contributed by atoms with van der Waals surface area (Å²) in [5.74, 6) is 0.845. The number of rotatable bonds is 1. The highest BCUT2D eigenvalue weighted by Crippen LogP contribution is 2.28. The smallest absolute Gasteiger partial charge is 0.182 e. The van der Waals surface area contributed by atoms with Gasteiger partial charge in [-0.25, -0.2) is 0 Å². The largest absolute Gasteiger partial charge is 0.477 e. The molecule has 0 N–H and O–H groups in total. The highest BCUT2D eigenvalue weighted by molar-refractivity contribution is 5.49. The first-order chi connectivity index (χ1) is 9.45. The third kappa shape index (κ3) is 2.37. The van der Waals surface area contributed by atoms with E-state index in [-0.39, 0.29) is 5.41 Å². The molecule has 0 amide bonds. The summed E-state index contributed by atoms with van der Waals surface area (Å²) in [5.41, 5.74) is 2.92. The topological polar surface area (TPSA) is 15.7 Å². The lowest BCUT2D eigenvalue weighted by molar-refractivity contribution is 0.235. The Hall–Kier alpha value is -1.64. The second-order valence-corrected chi connectivity index (χ2v) is 6.79. The fraction of sp³-hybridized carbons (Fsp3) is 0.529. The lowest BCUT2D eigenvalue weighted by Gasteiger charge is -2.38. The molecule has 0 bridgehead atoms. The molecule has 2 fully saturated rings. The molecule has 0 aromatic heterocycles. The first kappa shape index (κ1) is 13.3. The molecular formula is C17H24N2O. The van der Waals surface area contributed by atoms with Gasteiger partial charge in [0.05, 0.1) is 6.04 Å². The number of nitrogens with zero attached hydrogens (tertiary/aromatic N) is 2. The average Bonchev–Trinajstić information content (AvgIpc) is 2.79. The maximum Gasteiger partial charge on any atom is 0.182 e. The van der Waals surface area contributed by atoms with Crippen molar-refractivity contribution in [3.63, 3.8) is 0 Å². The number of anilines is 1.